The van der Waals surface area contributed by atoms with Gasteiger partial charge in [-0.25, -0.2) is 0 Å². The molecule has 1 aromatic rings. The summed E-state index contributed by atoms with van der Waals surface area (Å²) in [5, 5.41) is 2.25. The van der Waals surface area contributed by atoms with E-state index in [9.17, 15) is 9.59 Å². The molecule has 20 heavy (non-hydrogen) atoms. The number of hydrogen-bond donors (Lipinski definition) is 1. The van der Waals surface area contributed by atoms with E-state index in [2.05, 4.69) is 26.1 Å². The number of carbonyl (C=O) groups is 2. The van der Waals surface area contributed by atoms with Crippen LogP contribution in [0.4, 0.5) is 4.79 Å². The first kappa shape index (κ1) is 16.6. The van der Waals surface area contributed by atoms with E-state index in [1.807, 2.05) is 24.3 Å². The largest absolute Gasteiger partial charge is 0.465 e. The fourth-order valence-electron chi connectivity index (χ4n) is 1.52. The molecule has 5 heteroatoms. The zero-order valence-corrected chi connectivity index (χ0v) is 13.2. The van der Waals surface area contributed by atoms with Crippen LogP contribution in [0.1, 0.15) is 33.3 Å². The van der Waals surface area contributed by atoms with E-state index in [-0.39, 0.29) is 17.2 Å². The molecular formula is C15H21NO3S. The van der Waals surface area contributed by atoms with E-state index in [0.29, 0.717) is 6.61 Å². The zero-order valence-electron chi connectivity index (χ0n) is 12.4. The van der Waals surface area contributed by atoms with Gasteiger partial charge in [-0.3, -0.25) is 9.59 Å². The van der Waals surface area contributed by atoms with Crippen LogP contribution in [-0.2, 0) is 14.9 Å². The van der Waals surface area contributed by atoms with Gasteiger partial charge in [0.15, 0.2) is 0 Å². The molecule has 1 N–H and O–H groups in total. The van der Waals surface area contributed by atoms with Gasteiger partial charge in [0.1, 0.15) is 6.54 Å². The van der Waals surface area contributed by atoms with Crippen LogP contribution < -0.4 is 5.32 Å². The van der Waals surface area contributed by atoms with Crippen molar-refractivity contribution in [2.24, 2.45) is 0 Å². The van der Waals surface area contributed by atoms with Gasteiger partial charge in [0.25, 0.3) is 5.24 Å². The normalized spacial score (nSPS) is 11.0. The van der Waals surface area contributed by atoms with Gasteiger partial charge in [-0.2, -0.15) is 0 Å². The number of amides is 1. The Morgan fingerprint density at radius 2 is 1.80 bits per heavy atom. The number of thioether (sulfide) groups is 1. The van der Waals surface area contributed by atoms with E-state index in [0.717, 1.165) is 16.7 Å². The third-order valence-electron chi connectivity index (χ3n) is 2.61. The van der Waals surface area contributed by atoms with Crippen LogP contribution in [0, 0.1) is 0 Å². The highest BCUT2D eigenvalue weighted by Crippen LogP contribution is 2.25. The quantitative estimate of drug-likeness (QED) is 0.683. The van der Waals surface area contributed by atoms with Crippen LogP contribution in [0.15, 0.2) is 29.2 Å². The average Bonchev–Trinajstić information content (AvgIpc) is 2.36. The number of nitrogens with one attached hydrogen (secondary N) is 1. The topological polar surface area (TPSA) is 55.4 Å². The van der Waals surface area contributed by atoms with Crippen molar-refractivity contribution in [3.63, 3.8) is 0 Å². The van der Waals surface area contributed by atoms with Crippen LogP contribution in [-0.4, -0.2) is 24.4 Å². The molecule has 0 saturated heterocycles. The summed E-state index contributed by atoms with van der Waals surface area (Å²) in [5.41, 5.74) is 1.31. The molecule has 0 atom stereocenters. The van der Waals surface area contributed by atoms with Crippen LogP contribution in [0.2, 0.25) is 0 Å². The molecule has 0 aliphatic carbocycles. The zero-order chi connectivity index (χ0) is 15.2. The molecule has 0 radical (unpaired) electrons. The molecule has 0 aliphatic rings. The van der Waals surface area contributed by atoms with Crippen molar-refractivity contribution < 1.29 is 14.3 Å². The molecule has 0 unspecified atom stereocenters. The predicted molar refractivity (Wildman–Crippen MR) is 81.0 cm³/mol. The second-order valence-electron chi connectivity index (χ2n) is 5.32. The highest BCUT2D eigenvalue weighted by Gasteiger charge is 2.13. The third kappa shape index (κ3) is 5.65. The number of rotatable bonds is 4. The Morgan fingerprint density at radius 1 is 1.20 bits per heavy atom. The summed E-state index contributed by atoms with van der Waals surface area (Å²) in [7, 11) is 0. The summed E-state index contributed by atoms with van der Waals surface area (Å²) < 4.78 is 4.73. The van der Waals surface area contributed by atoms with E-state index < -0.39 is 5.97 Å². The SMILES string of the molecule is CCOC(=O)CNC(=O)Sc1ccc(C(C)(C)C)cc1. The number of benzene rings is 1. The summed E-state index contributed by atoms with van der Waals surface area (Å²) in [4.78, 5) is 23.6. The summed E-state index contributed by atoms with van der Waals surface area (Å²) in [6.07, 6.45) is 0. The summed E-state index contributed by atoms with van der Waals surface area (Å²) in [6.45, 7) is 8.37. The maximum Gasteiger partial charge on any atom is 0.325 e. The van der Waals surface area contributed by atoms with Crippen molar-refractivity contribution in [2.75, 3.05) is 13.2 Å². The van der Waals surface area contributed by atoms with Crippen molar-refractivity contribution >= 4 is 23.0 Å². The van der Waals surface area contributed by atoms with Crippen LogP contribution in [0.3, 0.4) is 0 Å². The van der Waals surface area contributed by atoms with Crippen molar-refractivity contribution in [3.05, 3.63) is 29.8 Å². The lowest BCUT2D eigenvalue weighted by atomic mass is 9.87. The van der Waals surface area contributed by atoms with Gasteiger partial charge in [-0.15, -0.1) is 0 Å². The van der Waals surface area contributed by atoms with E-state index in [1.54, 1.807) is 6.92 Å². The Labute approximate surface area is 124 Å². The minimum atomic E-state index is -0.426. The molecule has 0 bridgehead atoms. The fraction of sp³-hybridized carbons (Fsp3) is 0.467. The summed E-state index contributed by atoms with van der Waals surface area (Å²) in [6, 6.07) is 7.85. The van der Waals surface area contributed by atoms with Crippen molar-refractivity contribution in [1.29, 1.82) is 0 Å². The lowest BCUT2D eigenvalue weighted by Gasteiger charge is -2.18. The lowest BCUT2D eigenvalue weighted by molar-refractivity contribution is -0.141. The molecule has 110 valence electrons. The minimum absolute atomic E-state index is 0.0926. The Kier molecular flexibility index (Phi) is 6.07. The van der Waals surface area contributed by atoms with Gasteiger partial charge in [-0.05, 0) is 41.8 Å². The molecule has 0 aromatic heterocycles. The predicted octanol–water partition coefficient (Wildman–Crippen LogP) is 3.35. The molecule has 0 fully saturated rings. The fourth-order valence-corrected chi connectivity index (χ4v) is 2.15. The van der Waals surface area contributed by atoms with Crippen molar-refractivity contribution in [2.45, 2.75) is 38.0 Å². The summed E-state index contributed by atoms with van der Waals surface area (Å²) >= 11 is 1.07. The molecule has 1 rings (SSSR count). The maximum atomic E-state index is 11.6. The highest BCUT2D eigenvalue weighted by atomic mass is 32.2. The second-order valence-corrected chi connectivity index (χ2v) is 6.37. The van der Waals surface area contributed by atoms with Gasteiger partial charge < -0.3 is 10.1 Å². The smallest absolute Gasteiger partial charge is 0.325 e. The van der Waals surface area contributed by atoms with Gasteiger partial charge in [-0.1, -0.05) is 32.9 Å². The first-order valence-electron chi connectivity index (χ1n) is 6.54. The van der Waals surface area contributed by atoms with Gasteiger partial charge in [0.2, 0.25) is 0 Å². The van der Waals surface area contributed by atoms with Gasteiger partial charge >= 0.3 is 5.97 Å². The molecule has 1 amide bonds. The van der Waals surface area contributed by atoms with Crippen LogP contribution in [0.25, 0.3) is 0 Å². The van der Waals surface area contributed by atoms with Crippen LogP contribution >= 0.6 is 11.8 Å². The first-order chi connectivity index (χ1) is 9.32. The Bertz CT molecular complexity index is 463. The lowest BCUT2D eigenvalue weighted by Crippen LogP contribution is -2.27. The van der Waals surface area contributed by atoms with E-state index in [4.69, 9.17) is 4.74 Å². The number of esters is 1. The Hall–Kier alpha value is -1.49. The number of ether oxygens (including phenoxy) is 1. The molecule has 0 spiro atoms. The standard InChI is InChI=1S/C15H21NO3S/c1-5-19-13(17)10-16-14(18)20-12-8-6-11(7-9-12)15(2,3)4/h6-9H,5,10H2,1-4H3,(H,16,18). The molecule has 0 saturated carbocycles. The molecular weight excluding hydrogens is 274 g/mol. The van der Waals surface area contributed by atoms with Gasteiger partial charge in [0.05, 0.1) is 6.61 Å². The molecule has 1 aromatic carbocycles. The number of carbonyl (C=O) groups excluding carboxylic acids is 2. The first-order valence-corrected chi connectivity index (χ1v) is 7.36. The van der Waals surface area contributed by atoms with Crippen LogP contribution in [0.5, 0.6) is 0 Å². The van der Waals surface area contributed by atoms with E-state index >= 15 is 0 Å². The highest BCUT2D eigenvalue weighted by molar-refractivity contribution is 8.13. The van der Waals surface area contributed by atoms with Crippen molar-refractivity contribution in [1.82, 2.24) is 5.32 Å². The molecule has 0 aliphatic heterocycles. The van der Waals surface area contributed by atoms with E-state index in [1.165, 1.54) is 5.56 Å². The monoisotopic (exact) mass is 295 g/mol. The third-order valence-corrected chi connectivity index (χ3v) is 3.45. The second kappa shape index (κ2) is 7.33. The molecule has 4 nitrogen and oxygen atoms in total. The Balaban J connectivity index is 2.48. The summed E-state index contributed by atoms with van der Waals surface area (Å²) in [5.74, 6) is -0.426. The maximum absolute atomic E-state index is 11.6. The van der Waals surface area contributed by atoms with Gasteiger partial charge in [0, 0.05) is 4.90 Å². The minimum Gasteiger partial charge on any atom is -0.465 e. The molecule has 0 heterocycles. The Morgan fingerprint density at radius 3 is 2.30 bits per heavy atom. The van der Waals surface area contributed by atoms with Crippen molar-refractivity contribution in [3.8, 4) is 0 Å². The number of hydrogen-bond acceptors (Lipinski definition) is 4. The average molecular weight is 295 g/mol.